The largest absolute Gasteiger partial charge is 0.350 e. The van der Waals surface area contributed by atoms with E-state index in [1.54, 1.807) is 32.9 Å². The highest BCUT2D eigenvalue weighted by Gasteiger charge is 2.23. The Labute approximate surface area is 117 Å². The number of nitrogens with one attached hydrogen (secondary N) is 1. The number of rotatable bonds is 4. The van der Waals surface area contributed by atoms with Gasteiger partial charge in [0.05, 0.1) is 4.92 Å². The van der Waals surface area contributed by atoms with Crippen molar-refractivity contribution in [2.45, 2.75) is 26.3 Å². The van der Waals surface area contributed by atoms with Crippen LogP contribution in [0.25, 0.3) is 0 Å². The number of amides is 1. The molecule has 1 rings (SSSR count). The zero-order valence-electron chi connectivity index (χ0n) is 11.1. The van der Waals surface area contributed by atoms with Crippen molar-refractivity contribution in [2.24, 2.45) is 5.73 Å². The third kappa shape index (κ3) is 4.84. The van der Waals surface area contributed by atoms with Crippen LogP contribution >= 0.6 is 12.4 Å². The molecule has 0 atom stereocenters. The van der Waals surface area contributed by atoms with Crippen molar-refractivity contribution >= 4 is 24.0 Å². The van der Waals surface area contributed by atoms with Gasteiger partial charge in [-0.25, -0.2) is 0 Å². The maximum absolute atomic E-state index is 11.9. The van der Waals surface area contributed by atoms with Crippen molar-refractivity contribution in [1.29, 1.82) is 0 Å². The van der Waals surface area contributed by atoms with Gasteiger partial charge in [-0.15, -0.1) is 12.4 Å². The fourth-order valence-electron chi connectivity index (χ4n) is 1.49. The quantitative estimate of drug-likeness (QED) is 0.651. The Bertz CT molecular complexity index is 484. The van der Waals surface area contributed by atoms with Crippen LogP contribution in [-0.4, -0.2) is 22.9 Å². The molecule has 1 aromatic rings. The summed E-state index contributed by atoms with van der Waals surface area (Å²) in [5.74, 6) is -0.482. The summed E-state index contributed by atoms with van der Waals surface area (Å²) in [6, 6.07) is 4.65. The number of nitro benzene ring substituents is 1. The number of aryl methyl sites for hydroxylation is 1. The molecule has 106 valence electrons. The van der Waals surface area contributed by atoms with E-state index in [2.05, 4.69) is 5.32 Å². The molecule has 0 saturated carbocycles. The lowest BCUT2D eigenvalue weighted by Gasteiger charge is -2.18. The Morgan fingerprint density at radius 2 is 2.05 bits per heavy atom. The summed E-state index contributed by atoms with van der Waals surface area (Å²) < 4.78 is 0. The summed E-state index contributed by atoms with van der Waals surface area (Å²) >= 11 is 0. The molecule has 3 N–H and O–H groups in total. The standard InChI is InChI=1S/C12H17N3O3.ClH/c1-8-5-4-6-9(10(8)15(17)18)11(16)14-7-12(2,3)13;/h4-6H,7,13H2,1-3H3,(H,14,16);1H. The van der Waals surface area contributed by atoms with Crippen LogP contribution in [-0.2, 0) is 0 Å². The minimum absolute atomic E-state index is 0. The van der Waals surface area contributed by atoms with E-state index in [4.69, 9.17) is 5.73 Å². The first-order chi connectivity index (χ1) is 8.22. The summed E-state index contributed by atoms with van der Waals surface area (Å²) in [5, 5.41) is 13.5. The minimum atomic E-state index is -0.561. The molecule has 0 unspecified atom stereocenters. The van der Waals surface area contributed by atoms with Crippen molar-refractivity contribution in [3.63, 3.8) is 0 Å². The van der Waals surface area contributed by atoms with E-state index in [-0.39, 0.29) is 30.2 Å². The second-order valence-corrected chi connectivity index (χ2v) is 4.90. The summed E-state index contributed by atoms with van der Waals surface area (Å²) in [6.45, 7) is 5.37. The summed E-state index contributed by atoms with van der Waals surface area (Å²) in [5.41, 5.74) is 5.54. The highest BCUT2D eigenvalue weighted by Crippen LogP contribution is 2.22. The first-order valence-electron chi connectivity index (χ1n) is 5.53. The Balaban J connectivity index is 0.00000324. The van der Waals surface area contributed by atoms with Crippen LogP contribution in [0.5, 0.6) is 0 Å². The van der Waals surface area contributed by atoms with Crippen molar-refractivity contribution < 1.29 is 9.72 Å². The zero-order valence-corrected chi connectivity index (χ0v) is 11.9. The SMILES string of the molecule is Cc1cccc(C(=O)NCC(C)(C)N)c1[N+](=O)[O-].Cl. The van der Waals surface area contributed by atoms with Gasteiger partial charge in [-0.3, -0.25) is 14.9 Å². The first kappa shape index (κ1) is 17.3. The van der Waals surface area contributed by atoms with E-state index in [0.29, 0.717) is 5.56 Å². The second kappa shape index (κ2) is 6.49. The number of nitrogens with two attached hydrogens (primary N) is 1. The molecule has 0 fully saturated rings. The Kier molecular flexibility index (Phi) is 5.92. The molecule has 19 heavy (non-hydrogen) atoms. The number of hydrogen-bond donors (Lipinski definition) is 2. The third-order valence-electron chi connectivity index (χ3n) is 2.37. The normalized spacial score (nSPS) is 10.5. The molecule has 0 heterocycles. The van der Waals surface area contributed by atoms with Gasteiger partial charge in [0, 0.05) is 17.6 Å². The Morgan fingerprint density at radius 1 is 1.47 bits per heavy atom. The smallest absolute Gasteiger partial charge is 0.285 e. The molecule has 1 amide bonds. The number of halogens is 1. The number of carbonyl (C=O) groups is 1. The van der Waals surface area contributed by atoms with Crippen LogP contribution in [0.2, 0.25) is 0 Å². The van der Waals surface area contributed by atoms with Crippen LogP contribution in [0.15, 0.2) is 18.2 Å². The topological polar surface area (TPSA) is 98.3 Å². The van der Waals surface area contributed by atoms with Gasteiger partial charge in [0.1, 0.15) is 5.56 Å². The molecule has 0 aromatic heterocycles. The maximum Gasteiger partial charge on any atom is 0.285 e. The molecule has 0 aliphatic rings. The monoisotopic (exact) mass is 287 g/mol. The molecular weight excluding hydrogens is 270 g/mol. The lowest BCUT2D eigenvalue weighted by atomic mass is 10.1. The van der Waals surface area contributed by atoms with Crippen molar-refractivity contribution in [2.75, 3.05) is 6.54 Å². The fourth-order valence-corrected chi connectivity index (χ4v) is 1.49. The number of carbonyl (C=O) groups excluding carboxylic acids is 1. The molecule has 0 spiro atoms. The lowest BCUT2D eigenvalue weighted by Crippen LogP contribution is -2.45. The van der Waals surface area contributed by atoms with Gasteiger partial charge in [0.25, 0.3) is 11.6 Å². The average molecular weight is 288 g/mol. The molecule has 0 radical (unpaired) electrons. The van der Waals surface area contributed by atoms with Crippen molar-refractivity contribution in [3.8, 4) is 0 Å². The highest BCUT2D eigenvalue weighted by atomic mass is 35.5. The van der Waals surface area contributed by atoms with Crippen LogP contribution in [0, 0.1) is 17.0 Å². The molecule has 7 heteroatoms. The van der Waals surface area contributed by atoms with E-state index >= 15 is 0 Å². The Hall–Kier alpha value is -1.66. The van der Waals surface area contributed by atoms with E-state index in [0.717, 1.165) is 0 Å². The van der Waals surface area contributed by atoms with Crippen molar-refractivity contribution in [3.05, 3.63) is 39.4 Å². The second-order valence-electron chi connectivity index (χ2n) is 4.90. The highest BCUT2D eigenvalue weighted by molar-refractivity contribution is 5.98. The van der Waals surface area contributed by atoms with Crippen molar-refractivity contribution in [1.82, 2.24) is 5.32 Å². The predicted molar refractivity (Wildman–Crippen MR) is 75.7 cm³/mol. The first-order valence-corrected chi connectivity index (χ1v) is 5.53. The van der Waals surface area contributed by atoms with Gasteiger partial charge in [0.2, 0.25) is 0 Å². The number of nitro groups is 1. The molecule has 1 aromatic carbocycles. The average Bonchev–Trinajstić information content (AvgIpc) is 2.24. The minimum Gasteiger partial charge on any atom is -0.350 e. The van der Waals surface area contributed by atoms with E-state index < -0.39 is 16.4 Å². The van der Waals surface area contributed by atoms with Gasteiger partial charge in [0.15, 0.2) is 0 Å². The number of hydrogen-bond acceptors (Lipinski definition) is 4. The molecule has 0 saturated heterocycles. The van der Waals surface area contributed by atoms with Gasteiger partial charge in [-0.05, 0) is 26.8 Å². The van der Waals surface area contributed by atoms with Crippen LogP contribution in [0.1, 0.15) is 29.8 Å². The van der Waals surface area contributed by atoms with E-state index in [1.807, 2.05) is 0 Å². The summed E-state index contributed by atoms with van der Waals surface area (Å²) in [4.78, 5) is 22.3. The fraction of sp³-hybridized carbons (Fsp3) is 0.417. The third-order valence-corrected chi connectivity index (χ3v) is 2.37. The molecule has 0 aliphatic carbocycles. The van der Waals surface area contributed by atoms with Gasteiger partial charge < -0.3 is 11.1 Å². The molecule has 0 bridgehead atoms. The van der Waals surface area contributed by atoms with Crippen LogP contribution in [0.3, 0.4) is 0 Å². The number of para-hydroxylation sites is 1. The van der Waals surface area contributed by atoms with Gasteiger partial charge in [-0.2, -0.15) is 0 Å². The van der Waals surface area contributed by atoms with Crippen LogP contribution in [0.4, 0.5) is 5.69 Å². The summed E-state index contributed by atoms with van der Waals surface area (Å²) in [6.07, 6.45) is 0. The predicted octanol–water partition coefficient (Wildman–Crippen LogP) is 1.79. The zero-order chi connectivity index (χ0) is 13.9. The lowest BCUT2D eigenvalue weighted by molar-refractivity contribution is -0.385. The van der Waals surface area contributed by atoms with Gasteiger partial charge in [-0.1, -0.05) is 12.1 Å². The van der Waals surface area contributed by atoms with E-state index in [9.17, 15) is 14.9 Å². The van der Waals surface area contributed by atoms with E-state index in [1.165, 1.54) is 6.07 Å². The van der Waals surface area contributed by atoms with Gasteiger partial charge >= 0.3 is 0 Å². The molecule has 0 aliphatic heterocycles. The van der Waals surface area contributed by atoms with Crippen LogP contribution < -0.4 is 11.1 Å². The number of nitrogens with zero attached hydrogens (tertiary/aromatic N) is 1. The Morgan fingerprint density at radius 3 is 2.53 bits per heavy atom. The summed E-state index contributed by atoms with van der Waals surface area (Å²) in [7, 11) is 0. The molecular formula is C12H18ClN3O3. The molecule has 6 nitrogen and oxygen atoms in total. The number of benzene rings is 1. The maximum atomic E-state index is 11.9.